The summed E-state index contributed by atoms with van der Waals surface area (Å²) in [7, 11) is 0. The number of hydrogen-bond acceptors (Lipinski definition) is 5. The highest BCUT2D eigenvalue weighted by Gasteiger charge is 2.64. The predicted octanol–water partition coefficient (Wildman–Crippen LogP) is 3.51. The molecule has 4 unspecified atom stereocenters. The van der Waals surface area contributed by atoms with Gasteiger partial charge in [-0.3, -0.25) is 4.79 Å². The lowest BCUT2D eigenvalue weighted by Crippen LogP contribution is -2.71. The average molecular weight is 474 g/mol. The van der Waals surface area contributed by atoms with Crippen molar-refractivity contribution in [3.8, 4) is 5.75 Å². The number of halogens is 3. The van der Waals surface area contributed by atoms with Crippen LogP contribution in [0.1, 0.15) is 46.3 Å². The molecule has 10 heteroatoms. The lowest BCUT2D eigenvalue weighted by molar-refractivity contribution is -0.0360. The number of rotatable bonds is 3. The van der Waals surface area contributed by atoms with Gasteiger partial charge in [0.1, 0.15) is 23.3 Å². The molecule has 4 atom stereocenters. The molecule has 2 saturated heterocycles. The molecule has 1 saturated carbocycles. The Morgan fingerprint density at radius 1 is 1.33 bits per heavy atom. The van der Waals surface area contributed by atoms with E-state index >= 15 is 0 Å². The number of carbonyl (C=O) groups excluding carboxylic acids is 1. The number of aromatic nitrogens is 3. The third-order valence-electron chi connectivity index (χ3n) is 7.26. The Morgan fingerprint density at radius 2 is 2.12 bits per heavy atom. The van der Waals surface area contributed by atoms with Crippen LogP contribution in [0.2, 0.25) is 5.02 Å². The summed E-state index contributed by atoms with van der Waals surface area (Å²) in [5.41, 5.74) is 3.20. The molecular formula is C23H22ClF2N5O2. The molecule has 33 heavy (non-hydrogen) atoms. The van der Waals surface area contributed by atoms with E-state index in [1.165, 1.54) is 18.2 Å². The van der Waals surface area contributed by atoms with Gasteiger partial charge in [-0.25, -0.2) is 18.3 Å². The Labute approximate surface area is 193 Å². The van der Waals surface area contributed by atoms with E-state index in [1.54, 1.807) is 16.3 Å². The van der Waals surface area contributed by atoms with Gasteiger partial charge in [0, 0.05) is 11.6 Å². The summed E-state index contributed by atoms with van der Waals surface area (Å²) >= 11 is 6.31. The summed E-state index contributed by atoms with van der Waals surface area (Å²) in [6, 6.07) is 3.22. The van der Waals surface area contributed by atoms with Crippen molar-refractivity contribution in [2.45, 2.75) is 64.1 Å². The van der Waals surface area contributed by atoms with Crippen LogP contribution < -0.4 is 10.1 Å². The highest BCUT2D eigenvalue weighted by molar-refractivity contribution is 6.31. The number of fused-ring (bicyclic) bond motifs is 4. The van der Waals surface area contributed by atoms with Crippen molar-refractivity contribution in [2.75, 3.05) is 0 Å². The Morgan fingerprint density at radius 3 is 2.82 bits per heavy atom. The topological polar surface area (TPSA) is 71.8 Å². The number of nitrogens with zero attached hydrogens (tertiary/aromatic N) is 4. The molecule has 172 valence electrons. The Balaban J connectivity index is 1.31. The van der Waals surface area contributed by atoms with Crippen molar-refractivity contribution >= 4 is 23.2 Å². The van der Waals surface area contributed by atoms with Gasteiger partial charge in [0.2, 0.25) is 0 Å². The fourth-order valence-electron chi connectivity index (χ4n) is 5.35. The van der Waals surface area contributed by atoms with Crippen LogP contribution in [0, 0.1) is 19.7 Å². The van der Waals surface area contributed by atoms with Crippen molar-refractivity contribution in [2.24, 2.45) is 0 Å². The molecule has 1 aliphatic carbocycles. The molecule has 0 spiro atoms. The highest BCUT2D eigenvalue weighted by Crippen LogP contribution is 2.45. The lowest BCUT2D eigenvalue weighted by Gasteiger charge is -2.47. The highest BCUT2D eigenvalue weighted by atomic mass is 35.5. The molecule has 3 aliphatic heterocycles. The van der Waals surface area contributed by atoms with E-state index in [4.69, 9.17) is 16.3 Å². The number of nitrogens with one attached hydrogen (secondary N) is 1. The molecule has 2 aromatic heterocycles. The molecule has 7 nitrogen and oxygen atoms in total. The summed E-state index contributed by atoms with van der Waals surface area (Å²) in [6.45, 7) is 6.12. The zero-order valence-corrected chi connectivity index (χ0v) is 19.1. The third kappa shape index (κ3) is 2.85. The smallest absolute Gasteiger partial charge is 0.258 e. The maximum Gasteiger partial charge on any atom is 0.258 e. The number of amides is 1. The standard InChI is InChI=1S/C23H22ClF2N5O2/c1-10-19(24)11(2)31-21(27-10)14-8-30(9-16(14)29-31)22(32)13-5-4-12(25)6-17(13)33-23(3)18-7-15(26)20(23)28-18/h4-6,15,18,20,28H,7-9H2,1-3H3. The van der Waals surface area contributed by atoms with Gasteiger partial charge in [0.25, 0.3) is 5.91 Å². The van der Waals surface area contributed by atoms with Gasteiger partial charge in [0.05, 0.1) is 52.8 Å². The van der Waals surface area contributed by atoms with Crippen LogP contribution in [0.3, 0.4) is 0 Å². The Bertz CT molecular complexity index is 1340. The first-order chi connectivity index (χ1) is 15.7. The molecule has 3 aromatic rings. The number of carbonyl (C=O) groups is 1. The van der Waals surface area contributed by atoms with Gasteiger partial charge in [-0.15, -0.1) is 0 Å². The third-order valence-corrected chi connectivity index (χ3v) is 7.81. The summed E-state index contributed by atoms with van der Waals surface area (Å²) in [5.74, 6) is -0.692. The SMILES string of the molecule is Cc1nc2c3c(nn2c(C)c1Cl)CN(C(=O)c1ccc(F)cc1OC1(C)C2CC(F)C1N2)C3. The average Bonchev–Trinajstić information content (AvgIpc) is 3.50. The van der Waals surface area contributed by atoms with Crippen molar-refractivity contribution < 1.29 is 18.3 Å². The van der Waals surface area contributed by atoms with Crippen LogP contribution in [0.5, 0.6) is 5.75 Å². The number of alkyl halides is 1. The van der Waals surface area contributed by atoms with Gasteiger partial charge < -0.3 is 15.0 Å². The van der Waals surface area contributed by atoms with Crippen LogP contribution in [-0.4, -0.2) is 49.3 Å². The number of aryl methyl sites for hydroxylation is 2. The number of hydrogen-bond donors (Lipinski definition) is 1. The quantitative estimate of drug-likeness (QED) is 0.630. The second-order valence-corrected chi connectivity index (χ2v) is 9.67. The molecule has 2 bridgehead atoms. The molecule has 3 fully saturated rings. The first-order valence-electron chi connectivity index (χ1n) is 10.9. The van der Waals surface area contributed by atoms with Crippen molar-refractivity contribution in [1.29, 1.82) is 0 Å². The van der Waals surface area contributed by atoms with Gasteiger partial charge in [0.15, 0.2) is 5.65 Å². The van der Waals surface area contributed by atoms with Crippen LogP contribution in [-0.2, 0) is 13.1 Å². The van der Waals surface area contributed by atoms with E-state index in [2.05, 4.69) is 15.4 Å². The first-order valence-corrected chi connectivity index (χ1v) is 11.3. The van der Waals surface area contributed by atoms with Gasteiger partial charge in [-0.1, -0.05) is 11.6 Å². The zero-order chi connectivity index (χ0) is 23.2. The molecule has 1 N–H and O–H groups in total. The summed E-state index contributed by atoms with van der Waals surface area (Å²) in [6.07, 6.45) is -0.678. The van der Waals surface area contributed by atoms with Crippen LogP contribution in [0.15, 0.2) is 18.2 Å². The minimum atomic E-state index is -1.02. The second kappa shape index (κ2) is 6.87. The molecule has 7 rings (SSSR count). The lowest BCUT2D eigenvalue weighted by atomic mass is 9.87. The molecule has 5 heterocycles. The largest absolute Gasteiger partial charge is 0.483 e. The van der Waals surface area contributed by atoms with Crippen LogP contribution in [0.4, 0.5) is 8.78 Å². The maximum atomic E-state index is 14.2. The molecule has 4 aliphatic rings. The minimum absolute atomic E-state index is 0.128. The Hall–Kier alpha value is -2.78. The maximum absolute atomic E-state index is 14.2. The van der Waals surface area contributed by atoms with E-state index in [0.717, 1.165) is 17.0 Å². The van der Waals surface area contributed by atoms with Gasteiger partial charge in [-0.05, 0) is 39.3 Å². The molecule has 1 amide bonds. The van der Waals surface area contributed by atoms with E-state index < -0.39 is 23.6 Å². The van der Waals surface area contributed by atoms with Crippen LogP contribution >= 0.6 is 11.6 Å². The molecule has 0 radical (unpaired) electrons. The van der Waals surface area contributed by atoms with Crippen molar-refractivity contribution in [3.05, 3.63) is 57.2 Å². The fourth-order valence-corrected chi connectivity index (χ4v) is 5.47. The van der Waals surface area contributed by atoms with E-state index in [1.807, 2.05) is 13.8 Å². The molecule has 1 aromatic carbocycles. The number of ether oxygens (including phenoxy) is 1. The van der Waals surface area contributed by atoms with Gasteiger partial charge >= 0.3 is 0 Å². The van der Waals surface area contributed by atoms with Gasteiger partial charge in [-0.2, -0.15) is 5.10 Å². The first kappa shape index (κ1) is 20.8. The van der Waals surface area contributed by atoms with E-state index in [9.17, 15) is 13.6 Å². The molecular weight excluding hydrogens is 452 g/mol. The van der Waals surface area contributed by atoms with E-state index in [0.29, 0.717) is 35.9 Å². The Kier molecular flexibility index (Phi) is 4.33. The summed E-state index contributed by atoms with van der Waals surface area (Å²) < 4.78 is 36.1. The summed E-state index contributed by atoms with van der Waals surface area (Å²) in [4.78, 5) is 19.7. The monoisotopic (exact) mass is 473 g/mol. The second-order valence-electron chi connectivity index (χ2n) is 9.29. The van der Waals surface area contributed by atoms with Crippen molar-refractivity contribution in [1.82, 2.24) is 24.8 Å². The van der Waals surface area contributed by atoms with E-state index in [-0.39, 0.29) is 23.3 Å². The normalized spacial score (nSPS) is 27.7. The minimum Gasteiger partial charge on any atom is -0.483 e. The van der Waals surface area contributed by atoms with Crippen LogP contribution in [0.25, 0.3) is 5.65 Å². The number of benzene rings is 1. The fraction of sp³-hybridized carbons (Fsp3) is 0.435. The summed E-state index contributed by atoms with van der Waals surface area (Å²) in [5, 5.41) is 8.29. The zero-order valence-electron chi connectivity index (χ0n) is 18.3. The van der Waals surface area contributed by atoms with Crippen molar-refractivity contribution in [3.63, 3.8) is 0 Å². The predicted molar refractivity (Wildman–Crippen MR) is 117 cm³/mol.